The number of nitrogens with zero attached hydrogens (tertiary/aromatic N) is 2. The van der Waals surface area contributed by atoms with Crippen molar-refractivity contribution in [2.75, 3.05) is 18.9 Å². The maximum absolute atomic E-state index is 5.98. The number of aryl methyl sites for hydroxylation is 1. The van der Waals surface area contributed by atoms with Crippen molar-refractivity contribution < 1.29 is 9.47 Å². The molecule has 4 rings (SSSR count). The van der Waals surface area contributed by atoms with E-state index in [1.54, 1.807) is 0 Å². The van der Waals surface area contributed by atoms with Crippen molar-refractivity contribution in [1.82, 2.24) is 9.38 Å². The van der Waals surface area contributed by atoms with Crippen LogP contribution in [0.3, 0.4) is 0 Å². The summed E-state index contributed by atoms with van der Waals surface area (Å²) in [5.41, 5.74) is 10.5. The van der Waals surface area contributed by atoms with Crippen LogP contribution in [-0.4, -0.2) is 22.6 Å². The van der Waals surface area contributed by atoms with Crippen LogP contribution in [0, 0.1) is 0 Å². The molecule has 2 aromatic carbocycles. The summed E-state index contributed by atoms with van der Waals surface area (Å²) in [4.78, 5) is 4.74. The lowest BCUT2D eigenvalue weighted by atomic mass is 10.1. The Morgan fingerprint density at radius 3 is 2.45 bits per heavy atom. The van der Waals surface area contributed by atoms with Gasteiger partial charge in [-0.25, -0.2) is 4.98 Å². The first-order chi connectivity index (χ1) is 14.2. The zero-order chi connectivity index (χ0) is 20.1. The molecule has 0 atom stereocenters. The van der Waals surface area contributed by atoms with E-state index < -0.39 is 0 Å². The van der Waals surface area contributed by atoms with Crippen LogP contribution >= 0.6 is 0 Å². The lowest BCUT2D eigenvalue weighted by Crippen LogP contribution is -2.05. The number of hydrogen-bond donors (Lipinski definition) is 1. The highest BCUT2D eigenvalue weighted by Gasteiger charge is 2.09. The summed E-state index contributed by atoms with van der Waals surface area (Å²) >= 11 is 0. The molecule has 0 saturated heterocycles. The van der Waals surface area contributed by atoms with Gasteiger partial charge < -0.3 is 19.6 Å². The number of pyridine rings is 1. The Morgan fingerprint density at radius 1 is 0.931 bits per heavy atom. The minimum Gasteiger partial charge on any atom is -0.493 e. The van der Waals surface area contributed by atoms with Crippen molar-refractivity contribution in [3.8, 4) is 22.8 Å². The van der Waals surface area contributed by atoms with Gasteiger partial charge in [0.25, 0.3) is 0 Å². The summed E-state index contributed by atoms with van der Waals surface area (Å²) in [6.45, 7) is 3.32. The molecular weight excluding hydrogens is 362 g/mol. The van der Waals surface area contributed by atoms with Gasteiger partial charge in [0.05, 0.1) is 18.9 Å². The van der Waals surface area contributed by atoms with E-state index in [1.165, 1.54) is 5.56 Å². The number of nitrogen functional groups attached to an aromatic ring is 1. The molecule has 29 heavy (non-hydrogen) atoms. The van der Waals surface area contributed by atoms with E-state index in [-0.39, 0.29) is 0 Å². The first-order valence-electron chi connectivity index (χ1n) is 9.91. The van der Waals surface area contributed by atoms with E-state index in [0.29, 0.717) is 13.2 Å². The maximum atomic E-state index is 5.98. The summed E-state index contributed by atoms with van der Waals surface area (Å²) in [6, 6.07) is 19.9. The Hall–Kier alpha value is -3.47. The molecule has 2 aromatic heterocycles. The second-order valence-corrected chi connectivity index (χ2v) is 6.90. The molecule has 0 amide bonds. The molecule has 0 aliphatic carbocycles. The van der Waals surface area contributed by atoms with Gasteiger partial charge in [0.1, 0.15) is 5.75 Å². The topological polar surface area (TPSA) is 61.8 Å². The molecule has 0 fully saturated rings. The molecule has 2 N–H and O–H groups in total. The van der Waals surface area contributed by atoms with Gasteiger partial charge in [0.2, 0.25) is 0 Å². The number of rotatable bonds is 8. The number of nitrogens with two attached hydrogens (primary N) is 1. The molecule has 0 unspecified atom stereocenters. The van der Waals surface area contributed by atoms with Crippen LogP contribution in [0.25, 0.3) is 16.9 Å². The van der Waals surface area contributed by atoms with Gasteiger partial charge in [-0.1, -0.05) is 31.2 Å². The van der Waals surface area contributed by atoms with Crippen LogP contribution in [0.5, 0.6) is 11.5 Å². The third kappa shape index (κ3) is 4.51. The maximum Gasteiger partial charge on any atom is 0.180 e. The van der Waals surface area contributed by atoms with Crippen molar-refractivity contribution in [3.63, 3.8) is 0 Å². The molecule has 0 aliphatic heterocycles. The zero-order valence-electron chi connectivity index (χ0n) is 16.5. The van der Waals surface area contributed by atoms with E-state index in [9.17, 15) is 0 Å². The number of anilines is 1. The van der Waals surface area contributed by atoms with E-state index >= 15 is 0 Å². The van der Waals surface area contributed by atoms with Crippen molar-refractivity contribution >= 4 is 11.3 Å². The Morgan fingerprint density at radius 2 is 1.69 bits per heavy atom. The number of hydrogen-bond acceptors (Lipinski definition) is 4. The first-order valence-corrected chi connectivity index (χ1v) is 9.91. The van der Waals surface area contributed by atoms with Gasteiger partial charge in [0, 0.05) is 30.1 Å². The number of aromatic nitrogens is 2. The molecule has 5 nitrogen and oxygen atoms in total. The monoisotopic (exact) mass is 387 g/mol. The quantitative estimate of drug-likeness (QED) is 0.342. The molecule has 0 spiro atoms. The summed E-state index contributed by atoms with van der Waals surface area (Å²) in [6.07, 6.45) is 5.80. The fourth-order valence-corrected chi connectivity index (χ4v) is 3.15. The normalized spacial score (nSPS) is 10.9. The number of imidazole rings is 1. The third-order valence-corrected chi connectivity index (χ3v) is 4.80. The van der Waals surface area contributed by atoms with Gasteiger partial charge >= 0.3 is 0 Å². The van der Waals surface area contributed by atoms with Crippen LogP contribution in [0.4, 0.5) is 5.69 Å². The predicted molar refractivity (Wildman–Crippen MR) is 116 cm³/mol. The molecule has 148 valence electrons. The Bertz CT molecular complexity index is 1070. The van der Waals surface area contributed by atoms with Gasteiger partial charge in [-0.05, 0) is 48.4 Å². The summed E-state index contributed by atoms with van der Waals surface area (Å²) in [5.74, 6) is 1.66. The molecule has 0 radical (unpaired) electrons. The van der Waals surface area contributed by atoms with Crippen molar-refractivity contribution in [1.29, 1.82) is 0 Å². The van der Waals surface area contributed by atoms with Crippen LogP contribution in [0.15, 0.2) is 73.1 Å². The Kier molecular flexibility index (Phi) is 5.66. The van der Waals surface area contributed by atoms with E-state index in [2.05, 4.69) is 19.1 Å². The van der Waals surface area contributed by atoms with Gasteiger partial charge in [-0.15, -0.1) is 0 Å². The highest BCUT2D eigenvalue weighted by molar-refractivity contribution is 5.67. The lowest BCUT2D eigenvalue weighted by Gasteiger charge is -2.09. The number of benzene rings is 2. The second kappa shape index (κ2) is 8.69. The molecule has 0 saturated carbocycles. The average molecular weight is 387 g/mol. The van der Waals surface area contributed by atoms with E-state index in [0.717, 1.165) is 46.9 Å². The fraction of sp³-hybridized carbons (Fsp3) is 0.208. The van der Waals surface area contributed by atoms with Crippen molar-refractivity contribution in [3.05, 3.63) is 78.6 Å². The molecular formula is C24H25N3O2. The third-order valence-electron chi connectivity index (χ3n) is 4.80. The van der Waals surface area contributed by atoms with E-state index in [1.807, 2.05) is 65.3 Å². The van der Waals surface area contributed by atoms with Gasteiger partial charge in [-0.3, -0.25) is 0 Å². The number of ether oxygens (including phenoxy) is 2. The van der Waals surface area contributed by atoms with Crippen LogP contribution in [-0.2, 0) is 6.42 Å². The first kappa shape index (κ1) is 18.9. The van der Waals surface area contributed by atoms with Crippen molar-refractivity contribution in [2.24, 2.45) is 0 Å². The second-order valence-electron chi connectivity index (χ2n) is 6.90. The minimum absolute atomic E-state index is 0.566. The molecule has 0 aliphatic rings. The minimum atomic E-state index is 0.566. The van der Waals surface area contributed by atoms with Crippen LogP contribution in [0.2, 0.25) is 0 Å². The average Bonchev–Trinajstić information content (AvgIpc) is 3.19. The fourth-order valence-electron chi connectivity index (χ4n) is 3.15. The summed E-state index contributed by atoms with van der Waals surface area (Å²) in [5, 5.41) is 0. The van der Waals surface area contributed by atoms with E-state index in [4.69, 9.17) is 20.2 Å². The Balaban J connectivity index is 1.36. The van der Waals surface area contributed by atoms with Crippen LogP contribution < -0.4 is 15.2 Å². The lowest BCUT2D eigenvalue weighted by molar-refractivity contribution is 0.248. The molecule has 0 bridgehead atoms. The Labute approximate surface area is 170 Å². The van der Waals surface area contributed by atoms with Gasteiger partial charge in [-0.2, -0.15) is 0 Å². The molecule has 4 aromatic rings. The summed E-state index contributed by atoms with van der Waals surface area (Å²) in [7, 11) is 0. The smallest absolute Gasteiger partial charge is 0.180 e. The highest BCUT2D eigenvalue weighted by Crippen LogP contribution is 2.25. The molecule has 5 heteroatoms. The van der Waals surface area contributed by atoms with Gasteiger partial charge in [0.15, 0.2) is 11.4 Å². The standard InChI is InChI=1S/C24H25N3O2/c1-2-18-6-12-21(13-7-18)28-15-4-16-29-23-5-3-14-27-17-22(26-24(23)27)19-8-10-20(25)11-9-19/h3,5-14,17H,2,4,15-16,25H2,1H3. The summed E-state index contributed by atoms with van der Waals surface area (Å²) < 4.78 is 13.7. The number of fused-ring (bicyclic) bond motifs is 1. The van der Waals surface area contributed by atoms with Crippen molar-refractivity contribution in [2.45, 2.75) is 19.8 Å². The molecule has 2 heterocycles. The largest absolute Gasteiger partial charge is 0.493 e. The highest BCUT2D eigenvalue weighted by atomic mass is 16.5. The SMILES string of the molecule is CCc1ccc(OCCCOc2cccn3cc(-c4ccc(N)cc4)nc23)cc1. The zero-order valence-corrected chi connectivity index (χ0v) is 16.5. The van der Waals surface area contributed by atoms with Crippen LogP contribution in [0.1, 0.15) is 18.9 Å². The predicted octanol–water partition coefficient (Wildman–Crippen LogP) is 4.99.